The van der Waals surface area contributed by atoms with Crippen molar-refractivity contribution in [2.45, 2.75) is 38.0 Å². The highest BCUT2D eigenvalue weighted by molar-refractivity contribution is 5.64. The fourth-order valence-corrected chi connectivity index (χ4v) is 3.98. The first-order valence-electron chi connectivity index (χ1n) is 7.26. The van der Waals surface area contributed by atoms with Gasteiger partial charge in [0.15, 0.2) is 23.0 Å². The van der Waals surface area contributed by atoms with E-state index in [-0.39, 0.29) is 28.4 Å². The standard InChI is InChI=1S/C18H20O4/c1-17(2)9-18(3,11-5-4-6-12(19)15(11)21)14-10(17)7-8-13(20)16(14)22/h4-8,19-22H,9H2,1-3H3. The predicted molar refractivity (Wildman–Crippen MR) is 83.6 cm³/mol. The SMILES string of the molecule is CC1(C)CC(C)(c2cccc(O)c2O)c2c1ccc(O)c2O. The molecule has 1 unspecified atom stereocenters. The number of fused-ring (bicyclic) bond motifs is 1. The molecule has 0 radical (unpaired) electrons. The van der Waals surface area contributed by atoms with E-state index in [9.17, 15) is 20.4 Å². The van der Waals surface area contributed by atoms with Crippen LogP contribution in [-0.2, 0) is 10.8 Å². The maximum absolute atomic E-state index is 10.4. The molecule has 4 heteroatoms. The van der Waals surface area contributed by atoms with Gasteiger partial charge in [-0.05, 0) is 29.5 Å². The summed E-state index contributed by atoms with van der Waals surface area (Å²) >= 11 is 0. The van der Waals surface area contributed by atoms with Crippen LogP contribution in [0.3, 0.4) is 0 Å². The summed E-state index contributed by atoms with van der Waals surface area (Å²) in [6.45, 7) is 6.04. The molecule has 1 aliphatic rings. The summed E-state index contributed by atoms with van der Waals surface area (Å²) in [6, 6.07) is 8.13. The molecule has 4 nitrogen and oxygen atoms in total. The Morgan fingerprint density at radius 1 is 0.773 bits per heavy atom. The van der Waals surface area contributed by atoms with Crippen molar-refractivity contribution < 1.29 is 20.4 Å². The maximum Gasteiger partial charge on any atom is 0.161 e. The summed E-state index contributed by atoms with van der Waals surface area (Å²) in [7, 11) is 0. The van der Waals surface area contributed by atoms with E-state index in [2.05, 4.69) is 13.8 Å². The van der Waals surface area contributed by atoms with Crippen molar-refractivity contribution >= 4 is 0 Å². The second kappa shape index (κ2) is 4.32. The minimum absolute atomic E-state index is 0.159. The van der Waals surface area contributed by atoms with Gasteiger partial charge in [-0.1, -0.05) is 39.0 Å². The molecule has 2 aromatic carbocycles. The molecule has 4 N–H and O–H groups in total. The van der Waals surface area contributed by atoms with Crippen molar-refractivity contribution in [2.75, 3.05) is 0 Å². The zero-order valence-corrected chi connectivity index (χ0v) is 12.9. The van der Waals surface area contributed by atoms with Gasteiger partial charge in [-0.25, -0.2) is 0 Å². The van der Waals surface area contributed by atoms with Crippen molar-refractivity contribution in [1.29, 1.82) is 0 Å². The second-order valence-corrected chi connectivity index (χ2v) is 6.92. The Kier molecular flexibility index (Phi) is 2.86. The normalized spacial score (nSPS) is 22.5. The predicted octanol–water partition coefficient (Wildman–Crippen LogP) is 3.50. The molecule has 116 valence electrons. The van der Waals surface area contributed by atoms with E-state index in [1.165, 1.54) is 12.1 Å². The third-order valence-corrected chi connectivity index (χ3v) is 4.84. The van der Waals surface area contributed by atoms with Gasteiger partial charge >= 0.3 is 0 Å². The van der Waals surface area contributed by atoms with Crippen LogP contribution in [-0.4, -0.2) is 20.4 Å². The first kappa shape index (κ1) is 14.6. The van der Waals surface area contributed by atoms with Gasteiger partial charge in [0.05, 0.1) is 0 Å². The van der Waals surface area contributed by atoms with Crippen molar-refractivity contribution in [2.24, 2.45) is 0 Å². The Morgan fingerprint density at radius 3 is 2.09 bits per heavy atom. The highest BCUT2D eigenvalue weighted by Gasteiger charge is 2.49. The number of phenols is 4. The van der Waals surface area contributed by atoms with Gasteiger partial charge in [-0.2, -0.15) is 0 Å². The van der Waals surface area contributed by atoms with Gasteiger partial charge in [-0.3, -0.25) is 0 Å². The molecule has 2 aromatic rings. The number of hydrogen-bond acceptors (Lipinski definition) is 4. The molecule has 0 heterocycles. The quantitative estimate of drug-likeness (QED) is 0.608. The van der Waals surface area contributed by atoms with Gasteiger partial charge in [0.2, 0.25) is 0 Å². The highest BCUT2D eigenvalue weighted by atomic mass is 16.3. The lowest BCUT2D eigenvalue weighted by Crippen LogP contribution is -2.23. The lowest BCUT2D eigenvalue weighted by Gasteiger charge is -2.29. The van der Waals surface area contributed by atoms with Gasteiger partial charge in [0.25, 0.3) is 0 Å². The van der Waals surface area contributed by atoms with E-state index >= 15 is 0 Å². The maximum atomic E-state index is 10.4. The molecule has 0 aromatic heterocycles. The molecule has 0 bridgehead atoms. The molecule has 0 fully saturated rings. The molecule has 1 aliphatic carbocycles. The number of benzene rings is 2. The Hall–Kier alpha value is -2.36. The molecular weight excluding hydrogens is 280 g/mol. The van der Waals surface area contributed by atoms with E-state index in [0.29, 0.717) is 17.5 Å². The number of para-hydroxylation sites is 1. The third kappa shape index (κ3) is 1.76. The van der Waals surface area contributed by atoms with Crippen LogP contribution in [0.2, 0.25) is 0 Å². The zero-order chi connectivity index (χ0) is 16.3. The molecule has 0 amide bonds. The summed E-state index contributed by atoms with van der Waals surface area (Å²) in [4.78, 5) is 0. The monoisotopic (exact) mass is 300 g/mol. The minimum Gasteiger partial charge on any atom is -0.504 e. The van der Waals surface area contributed by atoms with Crippen LogP contribution in [0.5, 0.6) is 23.0 Å². The lowest BCUT2D eigenvalue weighted by molar-refractivity contribution is 0.365. The van der Waals surface area contributed by atoms with Crippen LogP contribution < -0.4 is 0 Å². The van der Waals surface area contributed by atoms with Gasteiger partial charge in [-0.15, -0.1) is 0 Å². The molecule has 0 saturated heterocycles. The number of aromatic hydroxyl groups is 4. The topological polar surface area (TPSA) is 80.9 Å². The Morgan fingerprint density at radius 2 is 1.41 bits per heavy atom. The van der Waals surface area contributed by atoms with Crippen LogP contribution in [0, 0.1) is 0 Å². The fraction of sp³-hybridized carbons (Fsp3) is 0.333. The molecule has 0 aliphatic heterocycles. The Balaban J connectivity index is 2.35. The highest BCUT2D eigenvalue weighted by Crippen LogP contribution is 2.59. The van der Waals surface area contributed by atoms with Gasteiger partial charge in [0.1, 0.15) is 0 Å². The van der Waals surface area contributed by atoms with Crippen molar-refractivity contribution in [3.8, 4) is 23.0 Å². The van der Waals surface area contributed by atoms with Crippen LogP contribution >= 0.6 is 0 Å². The summed E-state index contributed by atoms with van der Waals surface area (Å²) < 4.78 is 0. The first-order chi connectivity index (χ1) is 10.2. The second-order valence-electron chi connectivity index (χ2n) is 6.92. The molecule has 1 atom stereocenters. The number of rotatable bonds is 1. The molecule has 3 rings (SSSR count). The van der Waals surface area contributed by atoms with E-state index in [4.69, 9.17) is 0 Å². The Labute approximate surface area is 129 Å². The van der Waals surface area contributed by atoms with Gasteiger partial charge in [0, 0.05) is 16.5 Å². The number of phenolic OH excluding ortho intramolecular Hbond substituents is 4. The summed E-state index contributed by atoms with van der Waals surface area (Å²) in [5.41, 5.74) is 1.16. The summed E-state index contributed by atoms with van der Waals surface area (Å²) in [5, 5.41) is 40.4. The summed E-state index contributed by atoms with van der Waals surface area (Å²) in [5.74, 6) is -0.711. The third-order valence-electron chi connectivity index (χ3n) is 4.84. The van der Waals surface area contributed by atoms with Crippen molar-refractivity contribution in [1.82, 2.24) is 0 Å². The van der Waals surface area contributed by atoms with E-state index in [0.717, 1.165) is 5.56 Å². The molecule has 22 heavy (non-hydrogen) atoms. The zero-order valence-electron chi connectivity index (χ0n) is 12.9. The van der Waals surface area contributed by atoms with Crippen molar-refractivity contribution in [3.63, 3.8) is 0 Å². The summed E-state index contributed by atoms with van der Waals surface area (Å²) in [6.07, 6.45) is 0.642. The average molecular weight is 300 g/mol. The molecular formula is C18H20O4. The van der Waals surface area contributed by atoms with Crippen LogP contribution in [0.4, 0.5) is 0 Å². The van der Waals surface area contributed by atoms with E-state index in [1.54, 1.807) is 12.1 Å². The molecule has 0 spiro atoms. The van der Waals surface area contributed by atoms with Gasteiger partial charge < -0.3 is 20.4 Å². The molecule has 0 saturated carbocycles. The number of hydrogen-bond donors (Lipinski definition) is 4. The largest absolute Gasteiger partial charge is 0.504 e. The first-order valence-corrected chi connectivity index (χ1v) is 7.26. The van der Waals surface area contributed by atoms with Crippen molar-refractivity contribution in [3.05, 3.63) is 47.0 Å². The lowest BCUT2D eigenvalue weighted by atomic mass is 9.74. The van der Waals surface area contributed by atoms with Crippen LogP contribution in [0.1, 0.15) is 43.9 Å². The van der Waals surface area contributed by atoms with Crippen LogP contribution in [0.25, 0.3) is 0 Å². The van der Waals surface area contributed by atoms with E-state index < -0.39 is 5.41 Å². The van der Waals surface area contributed by atoms with E-state index in [1.807, 2.05) is 13.0 Å². The minimum atomic E-state index is -0.704. The fourth-order valence-electron chi connectivity index (χ4n) is 3.98. The smallest absolute Gasteiger partial charge is 0.161 e. The average Bonchev–Trinajstić information content (AvgIpc) is 2.64. The van der Waals surface area contributed by atoms with Crippen LogP contribution in [0.15, 0.2) is 30.3 Å². The Bertz CT molecular complexity index is 764.